The number of ether oxygens (including phenoxy) is 1. The van der Waals surface area contributed by atoms with Gasteiger partial charge in [0, 0.05) is 29.4 Å². The summed E-state index contributed by atoms with van der Waals surface area (Å²) in [5.74, 6) is 0.869. The van der Waals surface area contributed by atoms with Crippen LogP contribution in [-0.2, 0) is 11.2 Å². The van der Waals surface area contributed by atoms with Crippen molar-refractivity contribution in [3.05, 3.63) is 83.6 Å². The minimum atomic E-state index is -0.173. The minimum absolute atomic E-state index is 0.173. The SMILES string of the molecule is COc1ccc(-c2noc(NC(=O)CCc3cccc(Cl)c3)c2-c2ccncc2)cc1. The fourth-order valence-corrected chi connectivity index (χ4v) is 3.46. The smallest absolute Gasteiger partial charge is 0.239 e. The number of halogens is 1. The highest BCUT2D eigenvalue weighted by atomic mass is 35.5. The van der Waals surface area contributed by atoms with Gasteiger partial charge in [-0.25, -0.2) is 0 Å². The molecule has 0 unspecified atom stereocenters. The van der Waals surface area contributed by atoms with Gasteiger partial charge in [0.1, 0.15) is 11.4 Å². The Morgan fingerprint density at radius 1 is 1.06 bits per heavy atom. The predicted molar refractivity (Wildman–Crippen MR) is 120 cm³/mol. The fourth-order valence-electron chi connectivity index (χ4n) is 3.25. The molecule has 0 saturated carbocycles. The van der Waals surface area contributed by atoms with E-state index in [0.717, 1.165) is 22.4 Å². The van der Waals surface area contributed by atoms with E-state index in [1.165, 1.54) is 0 Å². The lowest BCUT2D eigenvalue weighted by Gasteiger charge is -2.07. The lowest BCUT2D eigenvalue weighted by molar-refractivity contribution is -0.116. The quantitative estimate of drug-likeness (QED) is 0.408. The van der Waals surface area contributed by atoms with Gasteiger partial charge in [-0.3, -0.25) is 15.1 Å². The van der Waals surface area contributed by atoms with E-state index < -0.39 is 0 Å². The number of rotatable bonds is 7. The average Bonchev–Trinajstić information content (AvgIpc) is 3.22. The van der Waals surface area contributed by atoms with Crippen LogP contribution in [0.25, 0.3) is 22.4 Å². The Labute approximate surface area is 184 Å². The molecule has 0 saturated heterocycles. The van der Waals surface area contributed by atoms with Crippen LogP contribution in [0.3, 0.4) is 0 Å². The van der Waals surface area contributed by atoms with E-state index in [2.05, 4.69) is 15.5 Å². The van der Waals surface area contributed by atoms with Crippen molar-refractivity contribution in [1.29, 1.82) is 0 Å². The molecule has 0 aliphatic carbocycles. The van der Waals surface area contributed by atoms with Crippen molar-refractivity contribution in [2.75, 3.05) is 12.4 Å². The molecule has 4 aromatic rings. The summed E-state index contributed by atoms with van der Waals surface area (Å²) >= 11 is 6.02. The van der Waals surface area contributed by atoms with Crippen molar-refractivity contribution in [2.24, 2.45) is 0 Å². The largest absolute Gasteiger partial charge is 0.497 e. The van der Waals surface area contributed by atoms with Gasteiger partial charge in [0.05, 0.1) is 12.7 Å². The number of anilines is 1. The number of aryl methyl sites for hydroxylation is 1. The van der Waals surface area contributed by atoms with Crippen molar-refractivity contribution in [2.45, 2.75) is 12.8 Å². The van der Waals surface area contributed by atoms with E-state index in [0.29, 0.717) is 28.6 Å². The van der Waals surface area contributed by atoms with Crippen molar-refractivity contribution in [3.63, 3.8) is 0 Å². The molecule has 0 spiro atoms. The van der Waals surface area contributed by atoms with E-state index in [1.54, 1.807) is 25.6 Å². The summed E-state index contributed by atoms with van der Waals surface area (Å²) in [6.45, 7) is 0. The monoisotopic (exact) mass is 433 g/mol. The molecule has 0 radical (unpaired) electrons. The third kappa shape index (κ3) is 4.92. The second kappa shape index (κ2) is 9.45. The molecule has 1 amide bonds. The number of pyridine rings is 1. The zero-order chi connectivity index (χ0) is 21.6. The molecule has 2 aromatic carbocycles. The summed E-state index contributed by atoms with van der Waals surface area (Å²) in [6.07, 6.45) is 4.22. The van der Waals surface area contributed by atoms with Crippen molar-refractivity contribution in [1.82, 2.24) is 10.1 Å². The van der Waals surface area contributed by atoms with Gasteiger partial charge < -0.3 is 9.26 Å². The van der Waals surface area contributed by atoms with Crippen LogP contribution in [0.5, 0.6) is 5.75 Å². The summed E-state index contributed by atoms with van der Waals surface area (Å²) < 4.78 is 10.8. The molecule has 4 rings (SSSR count). The molecule has 2 aromatic heterocycles. The second-order valence-corrected chi connectivity index (χ2v) is 7.31. The number of benzene rings is 2. The van der Waals surface area contributed by atoms with Crippen LogP contribution in [0.1, 0.15) is 12.0 Å². The van der Waals surface area contributed by atoms with E-state index in [-0.39, 0.29) is 12.3 Å². The number of nitrogens with one attached hydrogen (secondary N) is 1. The van der Waals surface area contributed by atoms with E-state index >= 15 is 0 Å². The molecule has 2 heterocycles. The number of carbonyl (C=O) groups excluding carboxylic acids is 1. The van der Waals surface area contributed by atoms with Crippen LogP contribution in [0.15, 0.2) is 77.6 Å². The van der Waals surface area contributed by atoms with Crippen LogP contribution < -0.4 is 10.1 Å². The van der Waals surface area contributed by atoms with Crippen LogP contribution in [0.4, 0.5) is 5.88 Å². The highest BCUT2D eigenvalue weighted by Gasteiger charge is 2.21. The Balaban J connectivity index is 1.59. The number of carbonyl (C=O) groups is 1. The first-order valence-electron chi connectivity index (χ1n) is 9.73. The topological polar surface area (TPSA) is 77.3 Å². The highest BCUT2D eigenvalue weighted by molar-refractivity contribution is 6.30. The summed E-state index contributed by atoms with van der Waals surface area (Å²) in [4.78, 5) is 16.7. The molecular formula is C24H20ClN3O3. The first-order valence-corrected chi connectivity index (χ1v) is 10.1. The van der Waals surface area contributed by atoms with Gasteiger partial charge in [0.2, 0.25) is 11.8 Å². The normalized spacial score (nSPS) is 10.6. The van der Waals surface area contributed by atoms with E-state index in [9.17, 15) is 4.79 Å². The zero-order valence-corrected chi connectivity index (χ0v) is 17.6. The Bertz CT molecular complexity index is 1170. The van der Waals surface area contributed by atoms with Crippen molar-refractivity contribution in [3.8, 4) is 28.1 Å². The Hall–Kier alpha value is -3.64. The summed E-state index contributed by atoms with van der Waals surface area (Å²) in [5, 5.41) is 7.74. The number of nitrogens with zero attached hydrogens (tertiary/aromatic N) is 2. The maximum Gasteiger partial charge on any atom is 0.239 e. The van der Waals surface area contributed by atoms with Crippen LogP contribution >= 0.6 is 11.6 Å². The second-order valence-electron chi connectivity index (χ2n) is 6.88. The molecule has 0 fully saturated rings. The molecule has 0 bridgehead atoms. The lowest BCUT2D eigenvalue weighted by atomic mass is 10.0. The van der Waals surface area contributed by atoms with Gasteiger partial charge in [-0.05, 0) is 66.1 Å². The maximum absolute atomic E-state index is 12.6. The first-order chi connectivity index (χ1) is 15.1. The molecular weight excluding hydrogens is 414 g/mol. The van der Waals surface area contributed by atoms with Gasteiger partial charge in [-0.2, -0.15) is 0 Å². The van der Waals surface area contributed by atoms with Crippen LogP contribution in [0.2, 0.25) is 5.02 Å². The number of methoxy groups -OCH3 is 1. The Kier molecular flexibility index (Phi) is 6.29. The Morgan fingerprint density at radius 3 is 2.55 bits per heavy atom. The average molecular weight is 434 g/mol. The number of hydrogen-bond donors (Lipinski definition) is 1. The molecule has 6 nitrogen and oxygen atoms in total. The fraction of sp³-hybridized carbons (Fsp3) is 0.125. The molecule has 156 valence electrons. The molecule has 0 atom stereocenters. The third-order valence-electron chi connectivity index (χ3n) is 4.81. The van der Waals surface area contributed by atoms with Crippen LogP contribution in [-0.4, -0.2) is 23.2 Å². The number of amides is 1. The van der Waals surface area contributed by atoms with E-state index in [4.69, 9.17) is 20.9 Å². The third-order valence-corrected chi connectivity index (χ3v) is 5.04. The van der Waals surface area contributed by atoms with Crippen molar-refractivity contribution >= 4 is 23.4 Å². The molecule has 0 aliphatic heterocycles. The summed E-state index contributed by atoms with van der Waals surface area (Å²) in [6, 6.07) is 18.7. The first kappa shape index (κ1) is 20.6. The number of hydrogen-bond acceptors (Lipinski definition) is 5. The minimum Gasteiger partial charge on any atom is -0.497 e. The van der Waals surface area contributed by atoms with Gasteiger partial charge in [-0.1, -0.05) is 28.9 Å². The van der Waals surface area contributed by atoms with Gasteiger partial charge in [-0.15, -0.1) is 0 Å². The lowest BCUT2D eigenvalue weighted by Crippen LogP contribution is -2.12. The van der Waals surface area contributed by atoms with Gasteiger partial charge in [0.15, 0.2) is 0 Å². The van der Waals surface area contributed by atoms with E-state index in [1.807, 2.05) is 54.6 Å². The standard InChI is InChI=1S/C24H20ClN3O3/c1-30-20-8-6-18(7-9-20)23-22(17-11-13-26-14-12-17)24(31-28-23)27-21(29)10-5-16-3-2-4-19(25)15-16/h2-4,6-9,11-15H,5,10H2,1H3,(H,27,29). The number of aromatic nitrogens is 2. The molecule has 31 heavy (non-hydrogen) atoms. The molecule has 7 heteroatoms. The molecule has 0 aliphatic rings. The zero-order valence-electron chi connectivity index (χ0n) is 16.8. The van der Waals surface area contributed by atoms with Gasteiger partial charge in [0.25, 0.3) is 0 Å². The summed E-state index contributed by atoms with van der Waals surface area (Å²) in [5.41, 5.74) is 4.00. The highest BCUT2D eigenvalue weighted by Crippen LogP contribution is 2.38. The summed E-state index contributed by atoms with van der Waals surface area (Å²) in [7, 11) is 1.62. The predicted octanol–water partition coefficient (Wildman–Crippen LogP) is 5.64. The Morgan fingerprint density at radius 2 is 1.84 bits per heavy atom. The molecule has 1 N–H and O–H groups in total. The van der Waals surface area contributed by atoms with Gasteiger partial charge >= 0.3 is 0 Å². The van der Waals surface area contributed by atoms with Crippen LogP contribution in [0, 0.1) is 0 Å². The van der Waals surface area contributed by atoms with Crippen molar-refractivity contribution < 1.29 is 14.1 Å². The maximum atomic E-state index is 12.6.